The zero-order valence-corrected chi connectivity index (χ0v) is 13.3. The molecule has 0 fully saturated rings. The largest absolute Gasteiger partial charge is 0.454 e. The molecule has 2 aromatic carbocycles. The smallest absolute Gasteiger partial charge is 0.231 e. The Labute approximate surface area is 142 Å². The van der Waals surface area contributed by atoms with Crippen molar-refractivity contribution < 1.29 is 18.9 Å². The van der Waals surface area contributed by atoms with Gasteiger partial charge in [-0.15, -0.1) is 0 Å². The number of hydrogen-bond donors (Lipinski definition) is 1. The van der Waals surface area contributed by atoms with E-state index >= 15 is 0 Å². The number of aryl methyl sites for hydroxylation is 1. The van der Waals surface area contributed by atoms with E-state index in [-0.39, 0.29) is 13.6 Å². The highest BCUT2D eigenvalue weighted by Gasteiger charge is 2.25. The summed E-state index contributed by atoms with van der Waals surface area (Å²) in [6.45, 7) is 1.23. The summed E-state index contributed by atoms with van der Waals surface area (Å²) in [4.78, 5) is 0. The van der Waals surface area contributed by atoms with Crippen molar-refractivity contribution in [2.45, 2.75) is 13.0 Å². The lowest BCUT2D eigenvalue weighted by atomic mass is 9.95. The molecule has 0 aliphatic carbocycles. The van der Waals surface area contributed by atoms with Crippen molar-refractivity contribution >= 4 is 10.8 Å². The Balaban J connectivity index is 1.67. The minimum atomic E-state index is 0.210. The number of fused-ring (bicyclic) bond motifs is 7. The second-order valence-corrected chi connectivity index (χ2v) is 6.41. The Hall–Kier alpha value is -3.15. The molecular formula is C19H14N2O4. The Morgan fingerprint density at radius 3 is 2.60 bits per heavy atom. The van der Waals surface area contributed by atoms with E-state index < -0.39 is 0 Å². The van der Waals surface area contributed by atoms with Crippen molar-refractivity contribution in [2.24, 2.45) is 0 Å². The summed E-state index contributed by atoms with van der Waals surface area (Å²) in [6.07, 6.45) is 0.855. The number of pyridine rings is 1. The maximum Gasteiger partial charge on any atom is 0.231 e. The molecule has 0 amide bonds. The summed E-state index contributed by atoms with van der Waals surface area (Å²) in [7, 11) is 0. The van der Waals surface area contributed by atoms with Crippen LogP contribution in [0.1, 0.15) is 5.56 Å². The van der Waals surface area contributed by atoms with E-state index in [1.165, 1.54) is 5.56 Å². The van der Waals surface area contributed by atoms with Gasteiger partial charge >= 0.3 is 0 Å². The molecule has 1 aromatic heterocycles. The van der Waals surface area contributed by atoms with Gasteiger partial charge in [-0.25, -0.2) is 0 Å². The monoisotopic (exact) mass is 334 g/mol. The van der Waals surface area contributed by atoms with E-state index in [1.807, 2.05) is 22.8 Å². The molecule has 0 saturated heterocycles. The van der Waals surface area contributed by atoms with Gasteiger partial charge in [0.2, 0.25) is 13.6 Å². The van der Waals surface area contributed by atoms with Crippen LogP contribution in [0.15, 0.2) is 30.3 Å². The first kappa shape index (κ1) is 13.2. The van der Waals surface area contributed by atoms with Gasteiger partial charge in [-0.05, 0) is 41.6 Å². The fourth-order valence-corrected chi connectivity index (χ4v) is 3.95. The fraction of sp³-hybridized carbons (Fsp3) is 0.211. The van der Waals surface area contributed by atoms with Crippen LogP contribution in [-0.4, -0.2) is 18.2 Å². The van der Waals surface area contributed by atoms with E-state index in [4.69, 9.17) is 24.4 Å². The zero-order valence-electron chi connectivity index (χ0n) is 13.3. The predicted octanol–water partition coefficient (Wildman–Crippen LogP) is 2.80. The number of benzene rings is 2. The molecule has 0 bridgehead atoms. The quantitative estimate of drug-likeness (QED) is 0.686. The summed E-state index contributed by atoms with van der Waals surface area (Å²) in [6, 6.07) is 10.1. The van der Waals surface area contributed by atoms with Crippen molar-refractivity contribution in [3.8, 4) is 34.3 Å². The Bertz CT molecular complexity index is 1130. The average molecular weight is 334 g/mol. The maximum atomic E-state index is 8.75. The number of nitrogens with zero attached hydrogens (tertiary/aromatic N) is 1. The van der Waals surface area contributed by atoms with Gasteiger partial charge in [-0.3, -0.25) is 5.41 Å². The molecule has 6 nitrogen and oxygen atoms in total. The summed E-state index contributed by atoms with van der Waals surface area (Å²) in [5.74, 6) is 2.96. The topological polar surface area (TPSA) is 65.7 Å². The lowest BCUT2D eigenvalue weighted by Gasteiger charge is -2.24. The van der Waals surface area contributed by atoms with Gasteiger partial charge in [0.15, 0.2) is 23.0 Å². The van der Waals surface area contributed by atoms with Crippen LogP contribution in [0, 0.1) is 5.41 Å². The lowest BCUT2D eigenvalue weighted by molar-refractivity contribution is 0.174. The van der Waals surface area contributed by atoms with Crippen LogP contribution in [0.25, 0.3) is 22.0 Å². The lowest BCUT2D eigenvalue weighted by Crippen LogP contribution is -2.26. The molecule has 0 saturated carbocycles. The third kappa shape index (κ3) is 1.66. The molecular weight excluding hydrogens is 320 g/mol. The molecule has 124 valence electrons. The summed E-state index contributed by atoms with van der Waals surface area (Å²) < 4.78 is 24.2. The predicted molar refractivity (Wildman–Crippen MR) is 89.2 cm³/mol. The number of nitrogens with one attached hydrogen (secondary N) is 1. The SMILES string of the molecule is N=c1c2c3c(ccc2cc2n1CCc1cc4c(cc1-2)OCO4)OCO3. The van der Waals surface area contributed by atoms with Gasteiger partial charge < -0.3 is 23.5 Å². The van der Waals surface area contributed by atoms with E-state index in [9.17, 15) is 0 Å². The molecule has 6 heteroatoms. The summed E-state index contributed by atoms with van der Waals surface area (Å²) in [5, 5.41) is 10.5. The first-order valence-electron chi connectivity index (χ1n) is 8.23. The Morgan fingerprint density at radius 2 is 1.68 bits per heavy atom. The van der Waals surface area contributed by atoms with Crippen molar-refractivity contribution in [3.63, 3.8) is 0 Å². The van der Waals surface area contributed by atoms with E-state index in [1.54, 1.807) is 0 Å². The molecule has 25 heavy (non-hydrogen) atoms. The van der Waals surface area contributed by atoms with Gasteiger partial charge in [0.25, 0.3) is 0 Å². The third-order valence-corrected chi connectivity index (χ3v) is 5.14. The molecule has 1 N–H and O–H groups in total. The average Bonchev–Trinajstić information content (AvgIpc) is 3.28. The van der Waals surface area contributed by atoms with Crippen LogP contribution in [0.2, 0.25) is 0 Å². The molecule has 3 aromatic rings. The second kappa shape index (κ2) is 4.47. The van der Waals surface area contributed by atoms with Gasteiger partial charge in [0.05, 0.1) is 11.1 Å². The van der Waals surface area contributed by atoms with Crippen LogP contribution in [0.3, 0.4) is 0 Å². The van der Waals surface area contributed by atoms with Crippen molar-refractivity contribution in [1.29, 1.82) is 5.41 Å². The van der Waals surface area contributed by atoms with Gasteiger partial charge in [0.1, 0.15) is 5.49 Å². The normalized spacial score (nSPS) is 16.0. The van der Waals surface area contributed by atoms with Crippen molar-refractivity contribution in [2.75, 3.05) is 13.6 Å². The minimum absolute atomic E-state index is 0.210. The molecule has 3 aliphatic rings. The highest BCUT2D eigenvalue weighted by Crippen LogP contribution is 2.43. The van der Waals surface area contributed by atoms with E-state index in [0.29, 0.717) is 17.0 Å². The number of rotatable bonds is 0. The van der Waals surface area contributed by atoms with Crippen molar-refractivity contribution in [1.82, 2.24) is 4.57 Å². The Morgan fingerprint density at radius 1 is 0.880 bits per heavy atom. The van der Waals surface area contributed by atoms with Crippen LogP contribution in [-0.2, 0) is 13.0 Å². The maximum absolute atomic E-state index is 8.75. The van der Waals surface area contributed by atoms with Crippen molar-refractivity contribution in [3.05, 3.63) is 41.4 Å². The van der Waals surface area contributed by atoms with E-state index in [2.05, 4.69) is 12.1 Å². The number of aromatic nitrogens is 1. The van der Waals surface area contributed by atoms with Crippen LogP contribution < -0.4 is 24.4 Å². The molecule has 0 radical (unpaired) electrons. The number of ether oxygens (including phenoxy) is 4. The summed E-state index contributed by atoms with van der Waals surface area (Å²) >= 11 is 0. The fourth-order valence-electron chi connectivity index (χ4n) is 3.95. The molecule has 6 rings (SSSR count). The Kier molecular flexibility index (Phi) is 2.36. The summed E-state index contributed by atoms with van der Waals surface area (Å²) in [5.41, 5.74) is 3.81. The first-order valence-corrected chi connectivity index (χ1v) is 8.23. The third-order valence-electron chi connectivity index (χ3n) is 5.14. The molecule has 0 spiro atoms. The molecule has 0 atom stereocenters. The molecule has 4 heterocycles. The standard InChI is InChI=1S/C19H14N2O4/c20-19-17-11(1-2-14-18(17)25-9-22-14)5-13-12-7-16-15(23-8-24-16)6-10(12)3-4-21(13)19/h1-2,5-7,20H,3-4,8-9H2. The van der Waals surface area contributed by atoms with Gasteiger partial charge in [-0.2, -0.15) is 0 Å². The van der Waals surface area contributed by atoms with Gasteiger partial charge in [-0.1, -0.05) is 6.07 Å². The highest BCUT2D eigenvalue weighted by molar-refractivity contribution is 5.93. The van der Waals surface area contributed by atoms with Gasteiger partial charge in [0, 0.05) is 12.1 Å². The molecule has 3 aliphatic heterocycles. The van der Waals surface area contributed by atoms with Crippen LogP contribution in [0.5, 0.6) is 23.0 Å². The zero-order chi connectivity index (χ0) is 16.5. The first-order chi connectivity index (χ1) is 12.3. The van der Waals surface area contributed by atoms with Crippen LogP contribution in [0.4, 0.5) is 0 Å². The number of hydrogen-bond acceptors (Lipinski definition) is 5. The second-order valence-electron chi connectivity index (χ2n) is 6.41. The van der Waals surface area contributed by atoms with Crippen LogP contribution >= 0.6 is 0 Å². The molecule has 0 unspecified atom stereocenters. The minimum Gasteiger partial charge on any atom is -0.454 e. The highest BCUT2D eigenvalue weighted by atomic mass is 16.7. The van der Waals surface area contributed by atoms with E-state index in [0.717, 1.165) is 46.5 Å².